The Balaban J connectivity index is 1.84. The van der Waals surface area contributed by atoms with Gasteiger partial charge in [-0.3, -0.25) is 4.79 Å². The van der Waals surface area contributed by atoms with Crippen LogP contribution in [0.5, 0.6) is 0 Å². The van der Waals surface area contributed by atoms with Gasteiger partial charge in [0.1, 0.15) is 0 Å². The summed E-state index contributed by atoms with van der Waals surface area (Å²) in [6, 6.07) is 8.47. The van der Waals surface area contributed by atoms with Crippen LogP contribution in [0.25, 0.3) is 0 Å². The van der Waals surface area contributed by atoms with E-state index in [2.05, 4.69) is 30.5 Å². The van der Waals surface area contributed by atoms with Gasteiger partial charge in [0.2, 0.25) is 5.91 Å². The Morgan fingerprint density at radius 2 is 1.89 bits per heavy atom. The molecule has 0 aromatic heterocycles. The molecule has 104 valence electrons. The van der Waals surface area contributed by atoms with Gasteiger partial charge in [0.05, 0.1) is 0 Å². The molecule has 1 saturated carbocycles. The van der Waals surface area contributed by atoms with E-state index in [-0.39, 0.29) is 0 Å². The molecule has 0 bridgehead atoms. The van der Waals surface area contributed by atoms with Crippen LogP contribution in [-0.4, -0.2) is 24.1 Å². The molecule has 1 aromatic carbocycles. The van der Waals surface area contributed by atoms with Crippen LogP contribution in [0.1, 0.15) is 37.7 Å². The second-order valence-electron chi connectivity index (χ2n) is 5.45. The van der Waals surface area contributed by atoms with Crippen LogP contribution in [-0.2, 0) is 11.3 Å². The SMILES string of the molecule is CSc1ccc(CN(C)C(=O)CC2CCCC2)cc1. The third-order valence-electron chi connectivity index (χ3n) is 3.94. The third-order valence-corrected chi connectivity index (χ3v) is 4.69. The lowest BCUT2D eigenvalue weighted by Gasteiger charge is -2.19. The van der Waals surface area contributed by atoms with Crippen LogP contribution in [0.2, 0.25) is 0 Å². The normalized spacial score (nSPS) is 15.7. The first kappa shape index (κ1) is 14.4. The van der Waals surface area contributed by atoms with Crippen LogP contribution in [0.15, 0.2) is 29.2 Å². The van der Waals surface area contributed by atoms with Crippen molar-refractivity contribution in [3.8, 4) is 0 Å². The molecule has 0 atom stereocenters. The van der Waals surface area contributed by atoms with Gasteiger partial charge in [-0.15, -0.1) is 11.8 Å². The summed E-state index contributed by atoms with van der Waals surface area (Å²) in [6.45, 7) is 0.722. The average molecular weight is 277 g/mol. The maximum absolute atomic E-state index is 12.1. The number of thioether (sulfide) groups is 1. The monoisotopic (exact) mass is 277 g/mol. The summed E-state index contributed by atoms with van der Waals surface area (Å²) in [7, 11) is 1.92. The number of rotatable bonds is 5. The Morgan fingerprint density at radius 3 is 2.47 bits per heavy atom. The number of nitrogens with zero attached hydrogens (tertiary/aromatic N) is 1. The molecule has 2 rings (SSSR count). The van der Waals surface area contributed by atoms with Gasteiger partial charge in [0.25, 0.3) is 0 Å². The van der Waals surface area contributed by atoms with Crippen molar-refractivity contribution in [2.45, 2.75) is 43.5 Å². The molecule has 1 fully saturated rings. The number of hydrogen-bond donors (Lipinski definition) is 0. The van der Waals surface area contributed by atoms with E-state index in [9.17, 15) is 4.79 Å². The van der Waals surface area contributed by atoms with Gasteiger partial charge in [0, 0.05) is 24.9 Å². The molecule has 0 spiro atoms. The van der Waals surface area contributed by atoms with Crippen LogP contribution < -0.4 is 0 Å². The van der Waals surface area contributed by atoms with Crippen LogP contribution in [0, 0.1) is 5.92 Å². The zero-order valence-corrected chi connectivity index (χ0v) is 12.7. The molecule has 1 aromatic rings. The van der Waals surface area contributed by atoms with E-state index >= 15 is 0 Å². The standard InChI is InChI=1S/C16H23NOS/c1-17(16(18)11-13-5-3-4-6-13)12-14-7-9-15(19-2)10-8-14/h7-10,13H,3-6,11-12H2,1-2H3. The zero-order chi connectivity index (χ0) is 13.7. The maximum atomic E-state index is 12.1. The first-order valence-electron chi connectivity index (χ1n) is 7.06. The van der Waals surface area contributed by atoms with Crippen molar-refractivity contribution in [3.05, 3.63) is 29.8 Å². The molecule has 3 heteroatoms. The van der Waals surface area contributed by atoms with Crippen molar-refractivity contribution in [3.63, 3.8) is 0 Å². The quantitative estimate of drug-likeness (QED) is 0.760. The van der Waals surface area contributed by atoms with E-state index in [0.717, 1.165) is 13.0 Å². The smallest absolute Gasteiger partial charge is 0.222 e. The highest BCUT2D eigenvalue weighted by atomic mass is 32.2. The van der Waals surface area contributed by atoms with Crippen LogP contribution >= 0.6 is 11.8 Å². The van der Waals surface area contributed by atoms with Crippen molar-refractivity contribution >= 4 is 17.7 Å². The average Bonchev–Trinajstić information content (AvgIpc) is 2.92. The predicted octanol–water partition coefficient (Wildman–Crippen LogP) is 3.95. The topological polar surface area (TPSA) is 20.3 Å². The minimum absolute atomic E-state index is 0.292. The zero-order valence-electron chi connectivity index (χ0n) is 11.9. The molecule has 1 aliphatic carbocycles. The molecule has 0 unspecified atom stereocenters. The highest BCUT2D eigenvalue weighted by Crippen LogP contribution is 2.28. The molecule has 0 saturated heterocycles. The van der Waals surface area contributed by atoms with Crippen LogP contribution in [0.3, 0.4) is 0 Å². The summed E-state index contributed by atoms with van der Waals surface area (Å²) < 4.78 is 0. The van der Waals surface area contributed by atoms with E-state index in [1.807, 2.05) is 11.9 Å². The fourth-order valence-corrected chi connectivity index (χ4v) is 3.12. The van der Waals surface area contributed by atoms with E-state index in [1.54, 1.807) is 11.8 Å². The summed E-state index contributed by atoms with van der Waals surface area (Å²) >= 11 is 1.74. The van der Waals surface area contributed by atoms with Gasteiger partial charge < -0.3 is 4.90 Å². The number of benzene rings is 1. The van der Waals surface area contributed by atoms with Crippen LogP contribution in [0.4, 0.5) is 0 Å². The highest BCUT2D eigenvalue weighted by molar-refractivity contribution is 7.98. The van der Waals surface area contributed by atoms with E-state index < -0.39 is 0 Å². The molecule has 0 radical (unpaired) electrons. The molecule has 0 heterocycles. The molecular weight excluding hydrogens is 254 g/mol. The Bertz CT molecular complexity index is 409. The Labute approximate surface area is 120 Å². The number of hydrogen-bond acceptors (Lipinski definition) is 2. The molecule has 1 aliphatic rings. The highest BCUT2D eigenvalue weighted by Gasteiger charge is 2.20. The molecular formula is C16H23NOS. The molecule has 1 amide bonds. The summed E-state index contributed by atoms with van der Waals surface area (Å²) in [4.78, 5) is 15.3. The van der Waals surface area contributed by atoms with E-state index in [1.165, 1.54) is 36.1 Å². The van der Waals surface area contributed by atoms with E-state index in [4.69, 9.17) is 0 Å². The van der Waals surface area contributed by atoms with Gasteiger partial charge in [-0.25, -0.2) is 0 Å². The second-order valence-corrected chi connectivity index (χ2v) is 6.33. The number of carbonyl (C=O) groups excluding carboxylic acids is 1. The minimum atomic E-state index is 0.292. The lowest BCUT2D eigenvalue weighted by molar-refractivity contribution is -0.131. The lowest BCUT2D eigenvalue weighted by atomic mass is 10.0. The fourth-order valence-electron chi connectivity index (χ4n) is 2.71. The molecule has 2 nitrogen and oxygen atoms in total. The van der Waals surface area contributed by atoms with Crippen molar-refractivity contribution in [2.75, 3.05) is 13.3 Å². The van der Waals surface area contributed by atoms with Crippen molar-refractivity contribution in [2.24, 2.45) is 5.92 Å². The second kappa shape index (κ2) is 6.99. The molecule has 0 N–H and O–H groups in total. The first-order valence-corrected chi connectivity index (χ1v) is 8.28. The van der Waals surface area contributed by atoms with Crippen molar-refractivity contribution in [1.29, 1.82) is 0 Å². The van der Waals surface area contributed by atoms with E-state index in [0.29, 0.717) is 11.8 Å². The minimum Gasteiger partial charge on any atom is -0.341 e. The molecule has 19 heavy (non-hydrogen) atoms. The fraction of sp³-hybridized carbons (Fsp3) is 0.562. The molecule has 0 aliphatic heterocycles. The van der Waals surface area contributed by atoms with Gasteiger partial charge in [-0.1, -0.05) is 25.0 Å². The van der Waals surface area contributed by atoms with Crippen molar-refractivity contribution in [1.82, 2.24) is 4.90 Å². The Morgan fingerprint density at radius 1 is 1.26 bits per heavy atom. The first-order chi connectivity index (χ1) is 9.19. The summed E-state index contributed by atoms with van der Waals surface area (Å²) in [5, 5.41) is 0. The Hall–Kier alpha value is -0.960. The number of amides is 1. The predicted molar refractivity (Wildman–Crippen MR) is 81.3 cm³/mol. The summed E-state index contributed by atoms with van der Waals surface area (Å²) in [5.41, 5.74) is 1.21. The van der Waals surface area contributed by atoms with Gasteiger partial charge in [-0.2, -0.15) is 0 Å². The summed E-state index contributed by atoms with van der Waals surface area (Å²) in [5.74, 6) is 0.926. The van der Waals surface area contributed by atoms with Gasteiger partial charge in [0.15, 0.2) is 0 Å². The summed E-state index contributed by atoms with van der Waals surface area (Å²) in [6.07, 6.45) is 7.89. The number of carbonyl (C=O) groups is 1. The maximum Gasteiger partial charge on any atom is 0.222 e. The largest absolute Gasteiger partial charge is 0.341 e. The third kappa shape index (κ3) is 4.27. The van der Waals surface area contributed by atoms with Gasteiger partial charge >= 0.3 is 0 Å². The lowest BCUT2D eigenvalue weighted by Crippen LogP contribution is -2.27. The Kier molecular flexibility index (Phi) is 5.32. The van der Waals surface area contributed by atoms with Crippen molar-refractivity contribution < 1.29 is 4.79 Å². The van der Waals surface area contributed by atoms with Gasteiger partial charge in [-0.05, 0) is 42.7 Å².